The van der Waals surface area contributed by atoms with Gasteiger partial charge in [0.25, 0.3) is 0 Å². The van der Waals surface area contributed by atoms with E-state index < -0.39 is 10.0 Å². The summed E-state index contributed by atoms with van der Waals surface area (Å²) >= 11 is 0. The quantitative estimate of drug-likeness (QED) is 0.880. The second kappa shape index (κ2) is 5.85. The van der Waals surface area contributed by atoms with Crippen LogP contribution in [0.2, 0.25) is 0 Å². The summed E-state index contributed by atoms with van der Waals surface area (Å²) in [6, 6.07) is 6.39. The van der Waals surface area contributed by atoms with Gasteiger partial charge < -0.3 is 14.6 Å². The summed E-state index contributed by atoms with van der Waals surface area (Å²) in [7, 11) is -3.59. The van der Waals surface area contributed by atoms with Crippen LogP contribution in [0.1, 0.15) is 5.89 Å². The molecule has 2 saturated heterocycles. The summed E-state index contributed by atoms with van der Waals surface area (Å²) in [4.78, 5) is 17.8. The Bertz CT molecular complexity index is 906. The summed E-state index contributed by atoms with van der Waals surface area (Å²) in [6.07, 6.45) is 1.54. The molecule has 1 aromatic carbocycles. The van der Waals surface area contributed by atoms with Gasteiger partial charge >= 0.3 is 6.03 Å². The SMILES string of the molecule is Cc1nc(-c2ccc(S(=O)(=O)N3CCN4C(=O)NC[C@@H]4C3)cc2)co1. The Morgan fingerprint density at radius 2 is 2.00 bits per heavy atom. The third-order valence-electron chi connectivity index (χ3n) is 4.60. The molecule has 0 unspecified atom stereocenters. The van der Waals surface area contributed by atoms with Crippen molar-refractivity contribution in [2.45, 2.75) is 17.9 Å². The van der Waals surface area contributed by atoms with Crippen LogP contribution < -0.4 is 5.32 Å². The number of benzene rings is 1. The molecule has 2 aromatic rings. The van der Waals surface area contributed by atoms with Crippen molar-refractivity contribution in [1.82, 2.24) is 19.5 Å². The number of urea groups is 1. The lowest BCUT2D eigenvalue weighted by Crippen LogP contribution is -2.53. The molecule has 2 fully saturated rings. The molecule has 132 valence electrons. The van der Waals surface area contributed by atoms with Gasteiger partial charge in [-0.3, -0.25) is 0 Å². The minimum Gasteiger partial charge on any atom is -0.449 e. The summed E-state index contributed by atoms with van der Waals surface area (Å²) < 4.78 is 32.4. The van der Waals surface area contributed by atoms with E-state index in [0.29, 0.717) is 37.8 Å². The highest BCUT2D eigenvalue weighted by molar-refractivity contribution is 7.89. The lowest BCUT2D eigenvalue weighted by molar-refractivity contribution is 0.164. The van der Waals surface area contributed by atoms with Crippen LogP contribution in [-0.2, 0) is 10.0 Å². The number of piperazine rings is 1. The van der Waals surface area contributed by atoms with E-state index in [-0.39, 0.29) is 17.0 Å². The molecular weight excluding hydrogens is 344 g/mol. The first-order valence-electron chi connectivity index (χ1n) is 8.02. The van der Waals surface area contributed by atoms with E-state index in [4.69, 9.17) is 4.42 Å². The molecule has 2 aliphatic heterocycles. The standard InChI is InChI=1S/C16H18N4O4S/c1-11-18-15(10-24-11)12-2-4-14(5-3-12)25(22,23)19-6-7-20-13(9-19)8-17-16(20)21/h2-5,10,13H,6-9H2,1H3,(H,17,21)/t13-/m1/s1. The minimum atomic E-state index is -3.59. The number of carbonyl (C=O) groups excluding carboxylic acids is 1. The molecular formula is C16H18N4O4S. The van der Waals surface area contributed by atoms with E-state index in [2.05, 4.69) is 10.3 Å². The number of rotatable bonds is 3. The largest absolute Gasteiger partial charge is 0.449 e. The van der Waals surface area contributed by atoms with Crippen LogP contribution in [0.25, 0.3) is 11.3 Å². The second-order valence-corrected chi connectivity index (χ2v) is 8.11. The minimum absolute atomic E-state index is 0.103. The Morgan fingerprint density at radius 3 is 2.68 bits per heavy atom. The van der Waals surface area contributed by atoms with Gasteiger partial charge in [0.1, 0.15) is 12.0 Å². The number of sulfonamides is 1. The number of amides is 2. The van der Waals surface area contributed by atoms with Gasteiger partial charge in [0, 0.05) is 38.7 Å². The maximum Gasteiger partial charge on any atom is 0.317 e. The average molecular weight is 362 g/mol. The van der Waals surface area contributed by atoms with Crippen molar-refractivity contribution in [3.63, 3.8) is 0 Å². The predicted molar refractivity (Wildman–Crippen MR) is 89.3 cm³/mol. The fourth-order valence-corrected chi connectivity index (χ4v) is 4.71. The van der Waals surface area contributed by atoms with Crippen LogP contribution in [0.4, 0.5) is 4.79 Å². The molecule has 2 aliphatic rings. The fraction of sp³-hybridized carbons (Fsp3) is 0.375. The van der Waals surface area contributed by atoms with E-state index in [9.17, 15) is 13.2 Å². The van der Waals surface area contributed by atoms with E-state index in [1.165, 1.54) is 4.31 Å². The van der Waals surface area contributed by atoms with E-state index in [1.807, 2.05) is 0 Å². The van der Waals surface area contributed by atoms with E-state index >= 15 is 0 Å². The molecule has 1 N–H and O–H groups in total. The number of fused-ring (bicyclic) bond motifs is 1. The van der Waals surface area contributed by atoms with Crippen molar-refractivity contribution in [1.29, 1.82) is 0 Å². The van der Waals surface area contributed by atoms with E-state index in [0.717, 1.165) is 5.56 Å². The predicted octanol–water partition coefficient (Wildman–Crippen LogP) is 1.05. The molecule has 4 rings (SSSR count). The highest BCUT2D eigenvalue weighted by Gasteiger charge is 2.39. The fourth-order valence-electron chi connectivity index (χ4n) is 3.24. The molecule has 1 aromatic heterocycles. The van der Waals surface area contributed by atoms with E-state index in [1.54, 1.807) is 42.4 Å². The average Bonchev–Trinajstić information content (AvgIpc) is 3.21. The first kappa shape index (κ1) is 16.1. The molecule has 25 heavy (non-hydrogen) atoms. The van der Waals surface area contributed by atoms with Gasteiger partial charge in [-0.25, -0.2) is 18.2 Å². The van der Waals surface area contributed by atoms with Gasteiger partial charge in [-0.15, -0.1) is 0 Å². The first-order chi connectivity index (χ1) is 11.9. The van der Waals surface area contributed by atoms with Gasteiger partial charge in [0.05, 0.1) is 10.9 Å². The van der Waals surface area contributed by atoms with Crippen molar-refractivity contribution in [3.8, 4) is 11.3 Å². The maximum atomic E-state index is 12.9. The van der Waals surface area contributed by atoms with Crippen molar-refractivity contribution >= 4 is 16.1 Å². The molecule has 1 atom stereocenters. The second-order valence-electron chi connectivity index (χ2n) is 6.17. The number of nitrogens with one attached hydrogen (secondary N) is 1. The van der Waals surface area contributed by atoms with Gasteiger partial charge in [-0.2, -0.15) is 4.31 Å². The molecule has 3 heterocycles. The van der Waals surface area contributed by atoms with Crippen LogP contribution in [0, 0.1) is 6.92 Å². The van der Waals surface area contributed by atoms with Crippen LogP contribution in [0.15, 0.2) is 39.8 Å². The van der Waals surface area contributed by atoms with Crippen molar-refractivity contribution in [2.24, 2.45) is 0 Å². The number of aryl methyl sites for hydroxylation is 1. The van der Waals surface area contributed by atoms with Crippen LogP contribution in [0.3, 0.4) is 0 Å². The smallest absolute Gasteiger partial charge is 0.317 e. The summed E-state index contributed by atoms with van der Waals surface area (Å²) in [5, 5.41) is 2.75. The first-order valence-corrected chi connectivity index (χ1v) is 9.46. The zero-order chi connectivity index (χ0) is 17.6. The molecule has 8 nitrogen and oxygen atoms in total. The monoisotopic (exact) mass is 362 g/mol. The molecule has 0 spiro atoms. The molecule has 0 saturated carbocycles. The van der Waals surface area contributed by atoms with Gasteiger partial charge in [0.15, 0.2) is 5.89 Å². The highest BCUT2D eigenvalue weighted by atomic mass is 32.2. The third kappa shape index (κ3) is 2.79. The van der Waals surface area contributed by atoms with Crippen molar-refractivity contribution < 1.29 is 17.6 Å². The lowest BCUT2D eigenvalue weighted by atomic mass is 10.2. The summed E-state index contributed by atoms with van der Waals surface area (Å²) in [6.45, 7) is 3.26. The van der Waals surface area contributed by atoms with Crippen LogP contribution in [0.5, 0.6) is 0 Å². The Kier molecular flexibility index (Phi) is 3.77. The number of hydrogen-bond acceptors (Lipinski definition) is 5. The number of aromatic nitrogens is 1. The van der Waals surface area contributed by atoms with Gasteiger partial charge in [-0.1, -0.05) is 12.1 Å². The lowest BCUT2D eigenvalue weighted by Gasteiger charge is -2.35. The van der Waals surface area contributed by atoms with Crippen molar-refractivity contribution in [3.05, 3.63) is 36.4 Å². The Labute approximate surface area is 145 Å². The van der Waals surface area contributed by atoms with Gasteiger partial charge in [-0.05, 0) is 12.1 Å². The third-order valence-corrected chi connectivity index (χ3v) is 6.48. The zero-order valence-electron chi connectivity index (χ0n) is 13.7. The zero-order valence-corrected chi connectivity index (χ0v) is 14.5. The molecule has 9 heteroatoms. The summed E-state index contributed by atoms with van der Waals surface area (Å²) in [5.74, 6) is 0.560. The van der Waals surface area contributed by atoms with Crippen LogP contribution >= 0.6 is 0 Å². The Morgan fingerprint density at radius 1 is 1.24 bits per heavy atom. The topological polar surface area (TPSA) is 95.8 Å². The molecule has 0 bridgehead atoms. The van der Waals surface area contributed by atoms with Crippen LogP contribution in [-0.4, -0.2) is 60.9 Å². The number of hydrogen-bond donors (Lipinski definition) is 1. The van der Waals surface area contributed by atoms with Crippen molar-refractivity contribution in [2.75, 3.05) is 26.2 Å². The molecule has 0 aliphatic carbocycles. The highest BCUT2D eigenvalue weighted by Crippen LogP contribution is 2.25. The Hall–Kier alpha value is -2.39. The molecule has 0 radical (unpaired) electrons. The number of nitrogens with zero attached hydrogens (tertiary/aromatic N) is 3. The maximum absolute atomic E-state index is 12.9. The Balaban J connectivity index is 1.55. The number of oxazole rings is 1. The summed E-state index contributed by atoms with van der Waals surface area (Å²) in [5.41, 5.74) is 1.47. The number of carbonyl (C=O) groups is 1. The normalized spacial score (nSPS) is 21.2. The molecule has 2 amide bonds. The van der Waals surface area contributed by atoms with Gasteiger partial charge in [0.2, 0.25) is 10.0 Å².